The van der Waals surface area contributed by atoms with E-state index in [1.54, 1.807) is 18.3 Å². The molecule has 0 atom stereocenters. The maximum Gasteiger partial charge on any atom is 0.280 e. The molecule has 0 unspecified atom stereocenters. The molecule has 0 bridgehead atoms. The number of H-pyrrole nitrogens is 1. The summed E-state index contributed by atoms with van der Waals surface area (Å²) in [6.07, 6.45) is 3.06. The van der Waals surface area contributed by atoms with Crippen LogP contribution in [-0.4, -0.2) is 16.4 Å². The van der Waals surface area contributed by atoms with E-state index in [1.165, 1.54) is 6.20 Å². The summed E-state index contributed by atoms with van der Waals surface area (Å²) in [5.41, 5.74) is 3.73. The molecular formula is C11H8BrClN4O. The summed E-state index contributed by atoms with van der Waals surface area (Å²) in [4.78, 5) is 11.2. The molecular weight excluding hydrogens is 320 g/mol. The molecule has 2 aromatic rings. The van der Waals surface area contributed by atoms with Gasteiger partial charge >= 0.3 is 0 Å². The molecule has 1 aromatic carbocycles. The van der Waals surface area contributed by atoms with Gasteiger partial charge in [0, 0.05) is 5.02 Å². The number of hydrogen-bond donors (Lipinski definition) is 2. The number of halogens is 2. The molecule has 0 amide bonds. The van der Waals surface area contributed by atoms with E-state index in [1.807, 2.05) is 12.1 Å². The molecule has 1 aromatic heterocycles. The number of hydrogen-bond acceptors (Lipinski definition) is 4. The Balaban J connectivity index is 2.12. The highest BCUT2D eigenvalue weighted by atomic mass is 79.9. The molecule has 0 saturated heterocycles. The third kappa shape index (κ3) is 3.18. The van der Waals surface area contributed by atoms with Gasteiger partial charge < -0.3 is 0 Å². The van der Waals surface area contributed by atoms with E-state index < -0.39 is 0 Å². The van der Waals surface area contributed by atoms with Crippen LogP contribution < -0.4 is 11.0 Å². The van der Waals surface area contributed by atoms with Gasteiger partial charge in [-0.15, -0.1) is 0 Å². The van der Waals surface area contributed by atoms with Crippen LogP contribution in [0.15, 0.2) is 44.8 Å². The summed E-state index contributed by atoms with van der Waals surface area (Å²) in [5, 5.41) is 10.6. The molecule has 2 N–H and O–H groups in total. The van der Waals surface area contributed by atoms with Gasteiger partial charge in [0.1, 0.15) is 4.47 Å². The van der Waals surface area contributed by atoms with Crippen molar-refractivity contribution in [2.45, 2.75) is 0 Å². The van der Waals surface area contributed by atoms with Crippen molar-refractivity contribution in [3.63, 3.8) is 0 Å². The smallest absolute Gasteiger partial charge is 0.275 e. The van der Waals surface area contributed by atoms with Crippen LogP contribution in [0.5, 0.6) is 0 Å². The maximum atomic E-state index is 11.2. The fourth-order valence-corrected chi connectivity index (χ4v) is 1.70. The molecule has 92 valence electrons. The van der Waals surface area contributed by atoms with Gasteiger partial charge in [0.25, 0.3) is 5.56 Å². The molecule has 0 radical (unpaired) electrons. The van der Waals surface area contributed by atoms with Crippen molar-refractivity contribution in [3.8, 4) is 0 Å². The lowest BCUT2D eigenvalue weighted by Gasteiger charge is -2.00. The lowest BCUT2D eigenvalue weighted by atomic mass is 10.2. The first-order valence-corrected chi connectivity index (χ1v) is 6.12. The number of anilines is 1. The van der Waals surface area contributed by atoms with Crippen LogP contribution in [0.3, 0.4) is 0 Å². The predicted molar refractivity (Wildman–Crippen MR) is 75.2 cm³/mol. The fourth-order valence-electron chi connectivity index (χ4n) is 1.22. The van der Waals surface area contributed by atoms with Crippen LogP contribution in [0.4, 0.5) is 5.69 Å². The zero-order chi connectivity index (χ0) is 13.0. The van der Waals surface area contributed by atoms with E-state index >= 15 is 0 Å². The second-order valence-corrected chi connectivity index (χ2v) is 4.58. The van der Waals surface area contributed by atoms with E-state index in [-0.39, 0.29) is 5.56 Å². The van der Waals surface area contributed by atoms with Crippen LogP contribution in [0, 0.1) is 0 Å². The molecule has 0 aliphatic heterocycles. The van der Waals surface area contributed by atoms with Gasteiger partial charge in [0.05, 0.1) is 18.1 Å². The first-order chi connectivity index (χ1) is 8.66. The van der Waals surface area contributed by atoms with Crippen LogP contribution in [-0.2, 0) is 0 Å². The molecule has 5 nitrogen and oxygen atoms in total. The minimum absolute atomic E-state index is 0.321. The summed E-state index contributed by atoms with van der Waals surface area (Å²) in [6, 6.07) is 7.25. The Morgan fingerprint density at radius 1 is 1.50 bits per heavy atom. The van der Waals surface area contributed by atoms with Gasteiger partial charge in [-0.2, -0.15) is 10.2 Å². The van der Waals surface area contributed by atoms with Crippen molar-refractivity contribution < 1.29 is 0 Å². The van der Waals surface area contributed by atoms with Gasteiger partial charge in [-0.05, 0) is 33.6 Å². The van der Waals surface area contributed by atoms with Crippen molar-refractivity contribution in [2.75, 3.05) is 5.43 Å². The third-order valence-electron chi connectivity index (χ3n) is 2.04. The van der Waals surface area contributed by atoms with Gasteiger partial charge in [0.2, 0.25) is 0 Å². The molecule has 1 heterocycles. The van der Waals surface area contributed by atoms with Crippen LogP contribution in [0.2, 0.25) is 5.02 Å². The molecule has 0 spiro atoms. The van der Waals surface area contributed by atoms with Crippen molar-refractivity contribution in [1.82, 2.24) is 10.2 Å². The number of benzene rings is 1. The SMILES string of the molecule is O=c1[nH]ncc(N/N=C/c2cccc(Cl)c2)c1Br. The Morgan fingerprint density at radius 3 is 3.11 bits per heavy atom. The zero-order valence-electron chi connectivity index (χ0n) is 9.02. The number of hydrazone groups is 1. The minimum atomic E-state index is -0.321. The van der Waals surface area contributed by atoms with E-state index in [4.69, 9.17) is 11.6 Å². The number of aromatic amines is 1. The lowest BCUT2D eigenvalue weighted by Crippen LogP contribution is -2.10. The highest BCUT2D eigenvalue weighted by Gasteiger charge is 2.02. The average molecular weight is 328 g/mol. The lowest BCUT2D eigenvalue weighted by molar-refractivity contribution is 0.977. The average Bonchev–Trinajstić information content (AvgIpc) is 2.35. The van der Waals surface area contributed by atoms with E-state index in [0.29, 0.717) is 15.2 Å². The zero-order valence-corrected chi connectivity index (χ0v) is 11.4. The summed E-state index contributed by atoms with van der Waals surface area (Å²) in [6.45, 7) is 0. The maximum absolute atomic E-state index is 11.2. The van der Waals surface area contributed by atoms with E-state index in [9.17, 15) is 4.79 Å². The first-order valence-electron chi connectivity index (χ1n) is 4.94. The fraction of sp³-hybridized carbons (Fsp3) is 0. The molecule has 7 heteroatoms. The van der Waals surface area contributed by atoms with Crippen LogP contribution in [0.1, 0.15) is 5.56 Å². The van der Waals surface area contributed by atoms with Crippen LogP contribution in [0.25, 0.3) is 0 Å². The number of aromatic nitrogens is 2. The third-order valence-corrected chi connectivity index (χ3v) is 3.07. The second-order valence-electron chi connectivity index (χ2n) is 3.35. The van der Waals surface area contributed by atoms with E-state index in [2.05, 4.69) is 36.7 Å². The van der Waals surface area contributed by atoms with Gasteiger partial charge in [-0.1, -0.05) is 23.7 Å². The quantitative estimate of drug-likeness (QED) is 0.672. The topological polar surface area (TPSA) is 70.1 Å². The highest BCUT2D eigenvalue weighted by molar-refractivity contribution is 9.10. The standard InChI is InChI=1S/C11H8BrClN4O/c12-10-9(6-15-17-11(10)18)16-14-5-7-2-1-3-8(13)4-7/h1-6H,(H2,16,17,18)/b14-5+. The molecule has 0 aliphatic rings. The van der Waals surface area contributed by atoms with Crippen molar-refractivity contribution in [1.29, 1.82) is 0 Å². The molecule has 0 aliphatic carbocycles. The first kappa shape index (κ1) is 12.8. The largest absolute Gasteiger partial charge is 0.280 e. The molecule has 0 saturated carbocycles. The summed E-state index contributed by atoms with van der Waals surface area (Å²) in [5.74, 6) is 0. The molecule has 2 rings (SSSR count). The Morgan fingerprint density at radius 2 is 2.33 bits per heavy atom. The number of nitrogens with one attached hydrogen (secondary N) is 2. The van der Waals surface area contributed by atoms with Gasteiger partial charge in [0.15, 0.2) is 0 Å². The Bertz CT molecular complexity index is 641. The predicted octanol–water partition coefficient (Wildman–Crippen LogP) is 2.63. The minimum Gasteiger partial charge on any atom is -0.275 e. The Kier molecular flexibility index (Phi) is 4.11. The molecule has 0 fully saturated rings. The summed E-state index contributed by atoms with van der Waals surface area (Å²) >= 11 is 8.98. The van der Waals surface area contributed by atoms with Gasteiger partial charge in [-0.25, -0.2) is 5.10 Å². The van der Waals surface area contributed by atoms with Gasteiger partial charge in [-0.3, -0.25) is 10.2 Å². The van der Waals surface area contributed by atoms with Crippen molar-refractivity contribution in [3.05, 3.63) is 55.9 Å². The second kappa shape index (κ2) is 5.79. The van der Waals surface area contributed by atoms with E-state index in [0.717, 1.165) is 5.56 Å². The monoisotopic (exact) mass is 326 g/mol. The van der Waals surface area contributed by atoms with Crippen LogP contribution >= 0.6 is 27.5 Å². The number of nitrogens with zero attached hydrogens (tertiary/aromatic N) is 2. The normalized spacial score (nSPS) is 10.8. The highest BCUT2D eigenvalue weighted by Crippen LogP contribution is 2.15. The Hall–Kier alpha value is -1.66. The summed E-state index contributed by atoms with van der Waals surface area (Å²) in [7, 11) is 0. The summed E-state index contributed by atoms with van der Waals surface area (Å²) < 4.78 is 0.348. The molecule has 18 heavy (non-hydrogen) atoms. The number of rotatable bonds is 3. The Labute approximate surface area is 116 Å². The van der Waals surface area contributed by atoms with Crippen molar-refractivity contribution >= 4 is 39.4 Å². The van der Waals surface area contributed by atoms with Crippen molar-refractivity contribution in [2.24, 2.45) is 5.10 Å².